The fraction of sp³-hybridized carbons (Fsp3) is 0.573. The van der Waals surface area contributed by atoms with Crippen molar-refractivity contribution in [3.05, 3.63) is 146 Å². The van der Waals surface area contributed by atoms with Crippen LogP contribution in [0.2, 0.25) is 0 Å². The number of nitrogens with one attached hydrogen (secondary N) is 2. The molecule has 0 aliphatic carbocycles. The molecule has 4 fully saturated rings. The molecule has 22 nitrogen and oxygen atoms in total. The van der Waals surface area contributed by atoms with Crippen LogP contribution in [0.1, 0.15) is 143 Å². The Hall–Kier alpha value is -5.73. The van der Waals surface area contributed by atoms with Crippen LogP contribution in [0, 0.1) is 56.8 Å². The van der Waals surface area contributed by atoms with Gasteiger partial charge in [-0.2, -0.15) is 16.9 Å². The summed E-state index contributed by atoms with van der Waals surface area (Å²) in [4.78, 5) is 70.2. The number of aliphatic hydroxyl groups is 3. The number of nitrogens with zero attached hydrogens (tertiary/aromatic N) is 8. The number of unbranched alkanes of at least 4 members (excludes halogenated alkanes) is 1. The van der Waals surface area contributed by atoms with Gasteiger partial charge in [0.2, 0.25) is 11.8 Å². The number of benzene rings is 4. The molecule has 4 heterocycles. The van der Waals surface area contributed by atoms with Crippen molar-refractivity contribution in [2.75, 3.05) is 135 Å². The van der Waals surface area contributed by atoms with Gasteiger partial charge in [0.15, 0.2) is 0 Å². The number of ketones is 1. The quantitative estimate of drug-likeness (QED) is 0.0428. The largest absolute Gasteiger partial charge is 1.00 e. The summed E-state index contributed by atoms with van der Waals surface area (Å²) < 4.78 is 11.9. The van der Waals surface area contributed by atoms with Crippen molar-refractivity contribution in [3.63, 3.8) is 0 Å². The molecule has 8 rings (SSSR count). The van der Waals surface area contributed by atoms with Gasteiger partial charge in [0.25, 0.3) is 0 Å². The molecule has 0 bridgehead atoms. The van der Waals surface area contributed by atoms with Crippen LogP contribution in [-0.4, -0.2) is 221 Å². The minimum absolute atomic E-state index is 0. The maximum Gasteiger partial charge on any atom is 1.00 e. The van der Waals surface area contributed by atoms with E-state index in [1.165, 1.54) is 6.42 Å². The molecular formula is C75H117ClILiN12O10. The summed E-state index contributed by atoms with van der Waals surface area (Å²) in [6, 6.07) is 32.9. The zero-order valence-corrected chi connectivity index (χ0v) is 64.7. The van der Waals surface area contributed by atoms with Crippen LogP contribution in [0.5, 0.6) is 0 Å². The first-order valence-electron chi connectivity index (χ1n) is 33.3. The van der Waals surface area contributed by atoms with Gasteiger partial charge in [-0.1, -0.05) is 63.2 Å². The molecule has 4 aromatic rings. The van der Waals surface area contributed by atoms with Gasteiger partial charge in [0, 0.05) is 110 Å². The van der Waals surface area contributed by atoms with Gasteiger partial charge in [0.1, 0.15) is 17.0 Å². The van der Waals surface area contributed by atoms with Crippen LogP contribution < -0.4 is 41.0 Å². The van der Waals surface area contributed by atoms with Gasteiger partial charge in [-0.3, -0.25) is 14.4 Å². The summed E-state index contributed by atoms with van der Waals surface area (Å²) in [5, 5.41) is 58.0. The third kappa shape index (κ3) is 31.5. The van der Waals surface area contributed by atoms with E-state index >= 15 is 0 Å². The molecule has 0 spiro atoms. The van der Waals surface area contributed by atoms with Crippen LogP contribution in [0.4, 0.5) is 9.59 Å². The standard InChI is InChI=1S/C20H29N3O3.2C15H23N3O2.C13H24N2O3.C7H4IN.C4H9.CH4.ClH.Li/c1-19(2,3)26-18(24)23-10-9-20(25,17(14-23)13-22(4)5)16-8-6-7-15(11-16)12-21;2*1-18(2)10-13-9-17-7-6-15(13,20)12-5-3-4-11(8-12)14(16)19;1-13(2,3)18-12(17)15-7-6-11(16)10(9-15)8-14(4)5;8-7-3-1-2-6(4-7)5-9;1-3-4-2;;;/h6-8,11,17,25H,9-10,13-14H2,1-5H3;2*3-5,8,13,17,20H,6-7,9-10H2,1-2H3,(H2,16,19);10H,6-9H2,1-5H3;1-4H;1,3-4H2,2H3;1H4;1H;/q;;;;;-1;;;+1/t17-,20-;2*13-,15+;;;;;;/m011....../s1. The van der Waals surface area contributed by atoms with Crippen LogP contribution in [0.3, 0.4) is 0 Å². The smallest absolute Gasteiger partial charge is 0.444 e. The average molecular weight is 1520 g/mol. The number of rotatable bonds is 14. The number of carbonyl (C=O) groups is 5. The van der Waals surface area contributed by atoms with Crippen LogP contribution >= 0.6 is 35.0 Å². The predicted molar refractivity (Wildman–Crippen MR) is 404 cm³/mol. The summed E-state index contributed by atoms with van der Waals surface area (Å²) in [7, 11) is 15.7. The number of hydrogen-bond donors (Lipinski definition) is 7. The molecule has 4 aromatic carbocycles. The van der Waals surface area contributed by atoms with Crippen molar-refractivity contribution in [3.8, 4) is 12.1 Å². The normalized spacial score (nSPS) is 21.7. The van der Waals surface area contributed by atoms with Crippen LogP contribution in [0.15, 0.2) is 97.1 Å². The number of nitrogens with two attached hydrogens (primary N) is 2. The molecule has 4 saturated heterocycles. The van der Waals surface area contributed by atoms with Gasteiger partial charge in [-0.05, 0) is 224 Å². The zero-order chi connectivity index (χ0) is 73.1. The zero-order valence-electron chi connectivity index (χ0n) is 61.7. The number of ether oxygens (including phenoxy) is 2. The number of hydrogen-bond acceptors (Lipinski definition) is 18. The van der Waals surface area contributed by atoms with Gasteiger partial charge in [0.05, 0.1) is 40.1 Å². The number of likely N-dealkylation sites (tertiary alicyclic amines) is 2. The van der Waals surface area contributed by atoms with E-state index in [1.54, 1.807) is 70.5 Å². The van der Waals surface area contributed by atoms with Crippen molar-refractivity contribution in [2.45, 2.75) is 122 Å². The number of nitriles is 2. The van der Waals surface area contributed by atoms with E-state index in [0.29, 0.717) is 81.6 Å². The van der Waals surface area contributed by atoms with E-state index in [-0.39, 0.29) is 80.3 Å². The SMILES string of the molecule is C.CN(C)CC1CN(C(=O)OC(C)(C)C)CCC1=O.CN(C)C[C@H]1CN(C(=O)OC(C)(C)C)CC[C@]1(O)c1cccc(C#N)c1.CN(C)C[C@H]1CNCC[C@]1(O)c1cccc(C(N)=O)c1.CN(C)C[C@H]1CNCC[C@]1(O)c1cccc(C(N)=O)c1.Cl.N#Cc1cccc(I)c1.[CH2-]CCC.[Li+]. The van der Waals surface area contributed by atoms with Crippen molar-refractivity contribution in [1.29, 1.82) is 10.5 Å². The number of Topliss-reactive ketones (excluding diaryl/α,β-unsaturated/α-hetero) is 1. The second kappa shape index (κ2) is 44.7. The Balaban J connectivity index is 0.00000123. The molecule has 0 aromatic heterocycles. The third-order valence-corrected chi connectivity index (χ3v) is 17.3. The Morgan fingerprint density at radius 3 is 1.35 bits per heavy atom. The summed E-state index contributed by atoms with van der Waals surface area (Å²) in [6.07, 6.45) is 3.70. The topological polar surface area (TPSA) is 308 Å². The molecule has 1 unspecified atom stereocenters. The second-order valence-corrected chi connectivity index (χ2v) is 29.6. The van der Waals surface area contributed by atoms with Crippen molar-refractivity contribution >= 4 is 64.8 Å². The minimum Gasteiger partial charge on any atom is -0.444 e. The molecule has 552 valence electrons. The van der Waals surface area contributed by atoms with E-state index in [0.717, 1.165) is 71.5 Å². The maximum atomic E-state index is 12.5. The average Bonchev–Trinajstić information content (AvgIpc) is 0.779. The van der Waals surface area contributed by atoms with E-state index in [9.17, 15) is 39.3 Å². The molecule has 0 saturated carbocycles. The number of piperidine rings is 4. The fourth-order valence-electron chi connectivity index (χ4n) is 11.8. The number of carbonyl (C=O) groups excluding carboxylic acids is 5. The monoisotopic (exact) mass is 1510 g/mol. The van der Waals surface area contributed by atoms with Gasteiger partial charge in [-0.15, -0.1) is 12.4 Å². The molecule has 100 heavy (non-hydrogen) atoms. The molecule has 7 atom stereocenters. The fourth-order valence-corrected chi connectivity index (χ4v) is 12.3. The first kappa shape index (κ1) is 94.3. The molecule has 0 radical (unpaired) electrons. The first-order chi connectivity index (χ1) is 45.3. The second-order valence-electron chi connectivity index (χ2n) is 28.4. The Bertz CT molecular complexity index is 3160. The molecule has 4 aliphatic heterocycles. The Kier molecular flexibility index (Phi) is 42.1. The van der Waals surface area contributed by atoms with E-state index < -0.39 is 39.8 Å². The Morgan fingerprint density at radius 2 is 0.980 bits per heavy atom. The summed E-state index contributed by atoms with van der Waals surface area (Å²) in [6.45, 7) is 24.4. The van der Waals surface area contributed by atoms with Crippen LogP contribution in [0.25, 0.3) is 0 Å². The molecule has 4 amide bonds. The summed E-state index contributed by atoms with van der Waals surface area (Å²) in [5.74, 6) is -0.816. The van der Waals surface area contributed by atoms with Gasteiger partial charge >= 0.3 is 31.0 Å². The number of primary amides is 2. The molecule has 9 N–H and O–H groups in total. The van der Waals surface area contributed by atoms with Gasteiger partial charge < -0.3 is 83.2 Å². The summed E-state index contributed by atoms with van der Waals surface area (Å²) >= 11 is 2.18. The number of amides is 4. The van der Waals surface area contributed by atoms with Crippen molar-refractivity contribution in [2.24, 2.45) is 35.1 Å². The minimum atomic E-state index is -1.09. The maximum absolute atomic E-state index is 12.5. The van der Waals surface area contributed by atoms with Crippen LogP contribution in [-0.2, 0) is 31.1 Å². The van der Waals surface area contributed by atoms with E-state index in [2.05, 4.69) is 69.0 Å². The Labute approximate surface area is 629 Å². The van der Waals surface area contributed by atoms with Crippen molar-refractivity contribution < 1.29 is 67.6 Å². The van der Waals surface area contributed by atoms with E-state index in [1.807, 2.05) is 144 Å². The molecular weight excluding hydrogens is 1400 g/mol. The first-order valence-corrected chi connectivity index (χ1v) is 34.3. The molecule has 25 heteroatoms. The Morgan fingerprint density at radius 1 is 0.610 bits per heavy atom. The van der Waals surface area contributed by atoms with E-state index in [4.69, 9.17) is 31.5 Å². The predicted octanol–water partition coefficient (Wildman–Crippen LogP) is 6.07. The summed E-state index contributed by atoms with van der Waals surface area (Å²) in [5.41, 5.74) is 11.1. The third-order valence-electron chi connectivity index (χ3n) is 16.6. The number of halogens is 2. The molecule has 4 aliphatic rings. The van der Waals surface area contributed by atoms with Crippen molar-refractivity contribution in [1.82, 2.24) is 40.0 Å². The van der Waals surface area contributed by atoms with Gasteiger partial charge in [-0.25, -0.2) is 9.59 Å².